The Kier molecular flexibility index (Phi) is 4.88. The molecule has 152 valence electrons. The number of halogens is 3. The van der Waals surface area contributed by atoms with E-state index in [9.17, 15) is 22.8 Å². The van der Waals surface area contributed by atoms with Crippen molar-refractivity contribution in [3.05, 3.63) is 54.2 Å². The third kappa shape index (κ3) is 3.88. The summed E-state index contributed by atoms with van der Waals surface area (Å²) in [5.41, 5.74) is -0.988. The summed E-state index contributed by atoms with van der Waals surface area (Å²) in [5.74, 6) is -4.65. The van der Waals surface area contributed by atoms with Crippen molar-refractivity contribution < 1.29 is 22.8 Å². The second-order valence-corrected chi connectivity index (χ2v) is 7.97. The lowest BCUT2D eigenvalue weighted by Gasteiger charge is -2.40. The van der Waals surface area contributed by atoms with E-state index in [1.165, 1.54) is 23.2 Å². The molecule has 1 spiro atoms. The van der Waals surface area contributed by atoms with Crippen LogP contribution in [0.3, 0.4) is 0 Å². The van der Waals surface area contributed by atoms with E-state index >= 15 is 0 Å². The van der Waals surface area contributed by atoms with Crippen molar-refractivity contribution in [2.24, 2.45) is 11.3 Å². The van der Waals surface area contributed by atoms with E-state index in [0.29, 0.717) is 0 Å². The first kappa shape index (κ1) is 19.5. The van der Waals surface area contributed by atoms with Gasteiger partial charge in [-0.1, -0.05) is 6.07 Å². The molecule has 0 N–H and O–H groups in total. The van der Waals surface area contributed by atoms with Crippen LogP contribution in [0.25, 0.3) is 0 Å². The molecule has 0 radical (unpaired) electrons. The van der Waals surface area contributed by atoms with Gasteiger partial charge in [0.2, 0.25) is 11.8 Å². The quantitative estimate of drug-likeness (QED) is 0.723. The highest BCUT2D eigenvalue weighted by Crippen LogP contribution is 2.53. The van der Waals surface area contributed by atoms with Crippen LogP contribution in [-0.2, 0) is 4.79 Å². The number of pyridine rings is 2. The van der Waals surface area contributed by atoms with Crippen molar-refractivity contribution in [3.63, 3.8) is 0 Å². The van der Waals surface area contributed by atoms with Gasteiger partial charge in [-0.3, -0.25) is 19.5 Å². The molecule has 1 aliphatic heterocycles. The Bertz CT molecular complexity index is 921. The number of carbonyl (C=O) groups excluding carboxylic acids is 2. The van der Waals surface area contributed by atoms with Gasteiger partial charge in [-0.2, -0.15) is 0 Å². The molecule has 4 rings (SSSR count). The van der Waals surface area contributed by atoms with Gasteiger partial charge in [0.1, 0.15) is 17.3 Å². The van der Waals surface area contributed by atoms with E-state index in [1.54, 1.807) is 18.2 Å². The Morgan fingerprint density at radius 2 is 2.00 bits per heavy atom. The van der Waals surface area contributed by atoms with Crippen molar-refractivity contribution in [3.8, 4) is 0 Å². The molecule has 1 saturated heterocycles. The zero-order valence-electron chi connectivity index (χ0n) is 15.7. The largest absolute Gasteiger partial charge is 0.296 e. The number of hydrogen-bond donors (Lipinski definition) is 0. The van der Waals surface area contributed by atoms with Crippen LogP contribution in [0.15, 0.2) is 42.7 Å². The van der Waals surface area contributed by atoms with Crippen LogP contribution >= 0.6 is 0 Å². The van der Waals surface area contributed by atoms with Crippen LogP contribution in [0.1, 0.15) is 42.6 Å². The Hall–Kier alpha value is -2.77. The normalized spacial score (nSPS) is 26.1. The maximum atomic E-state index is 14.6. The minimum Gasteiger partial charge on any atom is -0.296 e. The van der Waals surface area contributed by atoms with Gasteiger partial charge < -0.3 is 0 Å². The number of Topliss-reactive ketones (excluding diaryl/α,β-unsaturated/α-hetero) is 1. The molecule has 8 heteroatoms. The molecule has 0 unspecified atom stereocenters. The average Bonchev–Trinajstić information content (AvgIpc) is 2.97. The van der Waals surface area contributed by atoms with Crippen LogP contribution in [0.5, 0.6) is 0 Å². The number of hydrogen-bond acceptors (Lipinski definition) is 4. The second-order valence-electron chi connectivity index (χ2n) is 7.97. The van der Waals surface area contributed by atoms with Crippen LogP contribution in [-0.4, -0.2) is 34.1 Å². The predicted molar refractivity (Wildman–Crippen MR) is 99.1 cm³/mol. The van der Waals surface area contributed by atoms with Gasteiger partial charge in [-0.05, 0) is 43.0 Å². The fourth-order valence-corrected chi connectivity index (χ4v) is 4.65. The Labute approximate surface area is 166 Å². The van der Waals surface area contributed by atoms with E-state index in [2.05, 4.69) is 9.97 Å². The Morgan fingerprint density at radius 3 is 2.69 bits per heavy atom. The number of anilines is 1. The van der Waals surface area contributed by atoms with Gasteiger partial charge in [-0.25, -0.2) is 18.2 Å². The van der Waals surface area contributed by atoms with Crippen molar-refractivity contribution >= 4 is 17.5 Å². The SMILES string of the molecule is O=C(C[C@@H]1CC(F)(F)C[C@@]2(CCN(c3ccc(F)cn3)C2=O)C1)c1ccccn1. The van der Waals surface area contributed by atoms with Crippen LogP contribution in [0, 0.1) is 17.2 Å². The summed E-state index contributed by atoms with van der Waals surface area (Å²) in [6, 6.07) is 7.46. The van der Waals surface area contributed by atoms with E-state index < -0.39 is 41.8 Å². The topological polar surface area (TPSA) is 63.2 Å². The molecule has 2 fully saturated rings. The standard InChI is InChI=1S/C21H20F3N3O2/c22-15-4-5-18(26-12-15)27-8-6-20(19(27)29)10-14(11-21(23,24)13-20)9-17(28)16-3-1-2-7-25-16/h1-5,7,12,14H,6,8-11,13H2/t14-,20+/m0/s1. The minimum absolute atomic E-state index is 0.0730. The number of amides is 1. The first-order valence-electron chi connectivity index (χ1n) is 9.54. The Balaban J connectivity index is 1.54. The molecule has 2 aromatic heterocycles. The molecule has 29 heavy (non-hydrogen) atoms. The number of ketones is 1. The van der Waals surface area contributed by atoms with E-state index in [4.69, 9.17) is 0 Å². The molecular formula is C21H20F3N3O2. The number of alkyl halides is 2. The summed E-state index contributed by atoms with van der Waals surface area (Å²) in [7, 11) is 0. The molecule has 2 atom stereocenters. The van der Waals surface area contributed by atoms with E-state index in [1.807, 2.05) is 0 Å². The molecule has 1 saturated carbocycles. The zero-order valence-corrected chi connectivity index (χ0v) is 15.7. The summed E-state index contributed by atoms with van der Waals surface area (Å²) in [5, 5.41) is 0. The smallest absolute Gasteiger partial charge is 0.249 e. The fourth-order valence-electron chi connectivity index (χ4n) is 4.65. The van der Waals surface area contributed by atoms with Gasteiger partial charge in [0.15, 0.2) is 5.78 Å². The van der Waals surface area contributed by atoms with Crippen molar-refractivity contribution in [2.45, 2.75) is 38.0 Å². The monoisotopic (exact) mass is 403 g/mol. The molecule has 2 aromatic rings. The van der Waals surface area contributed by atoms with Gasteiger partial charge in [-0.15, -0.1) is 0 Å². The maximum absolute atomic E-state index is 14.6. The molecule has 5 nitrogen and oxygen atoms in total. The van der Waals surface area contributed by atoms with Crippen LogP contribution < -0.4 is 4.90 Å². The van der Waals surface area contributed by atoms with Crippen molar-refractivity contribution in [2.75, 3.05) is 11.4 Å². The number of rotatable bonds is 4. The average molecular weight is 403 g/mol. The maximum Gasteiger partial charge on any atom is 0.249 e. The highest BCUT2D eigenvalue weighted by atomic mass is 19.3. The lowest BCUT2D eigenvalue weighted by Crippen LogP contribution is -2.45. The first-order chi connectivity index (χ1) is 13.8. The van der Waals surface area contributed by atoms with Crippen molar-refractivity contribution in [1.82, 2.24) is 9.97 Å². The lowest BCUT2D eigenvalue weighted by molar-refractivity contribution is -0.143. The molecule has 1 amide bonds. The van der Waals surface area contributed by atoms with E-state index in [-0.39, 0.29) is 43.1 Å². The highest BCUT2D eigenvalue weighted by Gasteiger charge is 2.57. The molecule has 0 bridgehead atoms. The van der Waals surface area contributed by atoms with Crippen LogP contribution in [0.4, 0.5) is 19.0 Å². The predicted octanol–water partition coefficient (Wildman–Crippen LogP) is 4.05. The molecular weight excluding hydrogens is 383 g/mol. The van der Waals surface area contributed by atoms with Gasteiger partial charge in [0, 0.05) is 32.0 Å². The zero-order chi connectivity index (χ0) is 20.6. The second kappa shape index (κ2) is 7.24. The van der Waals surface area contributed by atoms with Crippen LogP contribution in [0.2, 0.25) is 0 Å². The summed E-state index contributed by atoms with van der Waals surface area (Å²) in [6.45, 7) is 0.244. The fraction of sp³-hybridized carbons (Fsp3) is 0.429. The number of carbonyl (C=O) groups is 2. The van der Waals surface area contributed by atoms with Gasteiger partial charge >= 0.3 is 0 Å². The van der Waals surface area contributed by atoms with Gasteiger partial charge in [0.25, 0.3) is 0 Å². The number of nitrogens with zero attached hydrogens (tertiary/aromatic N) is 3. The Morgan fingerprint density at radius 1 is 1.17 bits per heavy atom. The summed E-state index contributed by atoms with van der Waals surface area (Å²) in [6.07, 6.45) is 1.93. The first-order valence-corrected chi connectivity index (χ1v) is 9.54. The molecule has 3 heterocycles. The summed E-state index contributed by atoms with van der Waals surface area (Å²) >= 11 is 0. The van der Waals surface area contributed by atoms with Gasteiger partial charge in [0.05, 0.1) is 11.6 Å². The molecule has 1 aliphatic carbocycles. The summed E-state index contributed by atoms with van der Waals surface area (Å²) < 4.78 is 42.3. The number of aromatic nitrogens is 2. The third-order valence-electron chi connectivity index (χ3n) is 5.79. The molecule has 0 aromatic carbocycles. The lowest BCUT2D eigenvalue weighted by atomic mass is 9.66. The third-order valence-corrected chi connectivity index (χ3v) is 5.79. The molecule has 2 aliphatic rings. The highest BCUT2D eigenvalue weighted by molar-refractivity contribution is 5.99. The summed E-state index contributed by atoms with van der Waals surface area (Å²) in [4.78, 5) is 34.8. The minimum atomic E-state index is -3.03. The van der Waals surface area contributed by atoms with Crippen molar-refractivity contribution in [1.29, 1.82) is 0 Å². The van der Waals surface area contributed by atoms with E-state index in [0.717, 1.165) is 6.20 Å².